The van der Waals surface area contributed by atoms with Crippen molar-refractivity contribution < 1.29 is 17.9 Å². The van der Waals surface area contributed by atoms with E-state index < -0.39 is 22.5 Å². The molecule has 0 aliphatic heterocycles. The average Bonchev–Trinajstić information content (AvgIpc) is 2.79. The first kappa shape index (κ1) is 24.3. The monoisotopic (exact) mass is 485 g/mol. The normalized spacial score (nSPS) is 11.5. The number of para-hydroxylation sites is 1. The quantitative estimate of drug-likeness (QED) is 0.357. The van der Waals surface area contributed by atoms with Crippen LogP contribution in [0.1, 0.15) is 19.4 Å². The minimum Gasteiger partial charge on any atom is -0.491 e. The van der Waals surface area contributed by atoms with Gasteiger partial charge in [0.2, 0.25) is 0 Å². The largest absolute Gasteiger partial charge is 0.491 e. The molecule has 0 aliphatic carbocycles. The van der Waals surface area contributed by atoms with Gasteiger partial charge in [-0.2, -0.15) is 5.10 Å². The lowest BCUT2D eigenvalue weighted by Gasteiger charge is -2.24. The Hall–Kier alpha value is -3.36. The molecular weight excluding hydrogens is 462 g/mol. The molecule has 0 fully saturated rings. The van der Waals surface area contributed by atoms with E-state index in [1.807, 2.05) is 13.8 Å². The Morgan fingerprint density at radius 2 is 1.67 bits per heavy atom. The van der Waals surface area contributed by atoms with E-state index in [4.69, 9.17) is 16.3 Å². The lowest BCUT2D eigenvalue weighted by molar-refractivity contribution is -0.119. The first-order valence-electron chi connectivity index (χ1n) is 10.2. The fourth-order valence-electron chi connectivity index (χ4n) is 2.92. The molecule has 0 radical (unpaired) electrons. The van der Waals surface area contributed by atoms with Crippen molar-refractivity contribution in [1.29, 1.82) is 0 Å². The highest BCUT2D eigenvalue weighted by molar-refractivity contribution is 7.92. The van der Waals surface area contributed by atoms with Gasteiger partial charge in [0.15, 0.2) is 0 Å². The average molecular weight is 486 g/mol. The molecule has 3 aromatic rings. The number of hydrogen-bond acceptors (Lipinski definition) is 5. The summed E-state index contributed by atoms with van der Waals surface area (Å²) in [5.74, 6) is 0.109. The van der Waals surface area contributed by atoms with E-state index in [-0.39, 0.29) is 21.7 Å². The number of benzene rings is 3. The highest BCUT2D eigenvalue weighted by atomic mass is 35.5. The van der Waals surface area contributed by atoms with Gasteiger partial charge in [0.05, 0.1) is 27.9 Å². The molecular formula is C24H24ClN3O4S. The third-order valence-corrected chi connectivity index (χ3v) is 6.49. The maximum Gasteiger partial charge on any atom is 0.264 e. The van der Waals surface area contributed by atoms with Crippen molar-refractivity contribution in [3.05, 3.63) is 89.4 Å². The van der Waals surface area contributed by atoms with Crippen molar-refractivity contribution in [3.63, 3.8) is 0 Å². The zero-order chi connectivity index (χ0) is 23.8. The molecule has 0 saturated carbocycles. The molecule has 1 amide bonds. The van der Waals surface area contributed by atoms with E-state index in [9.17, 15) is 13.2 Å². The number of nitrogens with zero attached hydrogens (tertiary/aromatic N) is 2. The summed E-state index contributed by atoms with van der Waals surface area (Å²) in [6, 6.07) is 21.5. The number of carbonyl (C=O) groups is 1. The van der Waals surface area contributed by atoms with Crippen LogP contribution in [0.15, 0.2) is 88.9 Å². The molecule has 0 spiro atoms. The second-order valence-electron chi connectivity index (χ2n) is 7.30. The van der Waals surface area contributed by atoms with Gasteiger partial charge in [-0.05, 0) is 67.9 Å². The van der Waals surface area contributed by atoms with Crippen molar-refractivity contribution in [2.24, 2.45) is 5.10 Å². The zero-order valence-corrected chi connectivity index (χ0v) is 19.8. The third-order valence-electron chi connectivity index (χ3n) is 4.39. The molecule has 0 heterocycles. The number of amides is 1. The van der Waals surface area contributed by atoms with Gasteiger partial charge in [0.1, 0.15) is 12.3 Å². The molecule has 7 nitrogen and oxygen atoms in total. The second kappa shape index (κ2) is 11.0. The number of sulfonamides is 1. The number of halogens is 1. The summed E-state index contributed by atoms with van der Waals surface area (Å²) in [6.45, 7) is 3.38. The van der Waals surface area contributed by atoms with Crippen LogP contribution in [-0.2, 0) is 14.8 Å². The Bertz CT molecular complexity index is 1210. The van der Waals surface area contributed by atoms with Crippen molar-refractivity contribution >= 4 is 39.4 Å². The molecule has 33 heavy (non-hydrogen) atoms. The summed E-state index contributed by atoms with van der Waals surface area (Å²) in [6.07, 6.45) is 1.53. The number of nitrogens with one attached hydrogen (secondary N) is 1. The van der Waals surface area contributed by atoms with E-state index in [1.54, 1.807) is 66.7 Å². The van der Waals surface area contributed by atoms with Gasteiger partial charge >= 0.3 is 0 Å². The maximum atomic E-state index is 13.3. The second-order valence-corrected chi connectivity index (χ2v) is 9.57. The number of ether oxygens (including phenoxy) is 1. The number of carbonyl (C=O) groups excluding carboxylic acids is 1. The van der Waals surface area contributed by atoms with Crippen molar-refractivity contribution in [2.45, 2.75) is 24.8 Å². The summed E-state index contributed by atoms with van der Waals surface area (Å²) < 4.78 is 33.1. The Balaban J connectivity index is 1.76. The molecule has 1 N–H and O–H groups in total. The van der Waals surface area contributed by atoms with E-state index in [0.717, 1.165) is 15.6 Å². The highest BCUT2D eigenvalue weighted by Gasteiger charge is 2.28. The van der Waals surface area contributed by atoms with E-state index in [2.05, 4.69) is 10.5 Å². The minimum absolute atomic E-state index is 0.0462. The van der Waals surface area contributed by atoms with Gasteiger partial charge < -0.3 is 4.74 Å². The lowest BCUT2D eigenvalue weighted by Crippen LogP contribution is -2.39. The summed E-state index contributed by atoms with van der Waals surface area (Å²) in [5.41, 5.74) is 3.31. The number of hydrogen-bond donors (Lipinski definition) is 1. The summed E-state index contributed by atoms with van der Waals surface area (Å²) in [7, 11) is -4.04. The predicted octanol–water partition coefficient (Wildman–Crippen LogP) is 4.47. The van der Waals surface area contributed by atoms with Gasteiger partial charge in [-0.15, -0.1) is 0 Å². The van der Waals surface area contributed by atoms with Gasteiger partial charge in [-0.3, -0.25) is 9.10 Å². The Labute approximate surface area is 198 Å². The number of hydrazone groups is 1. The first-order chi connectivity index (χ1) is 15.8. The molecule has 3 rings (SSSR count). The Kier molecular flexibility index (Phi) is 8.08. The molecule has 0 atom stereocenters. The number of anilines is 1. The molecule has 0 bridgehead atoms. The predicted molar refractivity (Wildman–Crippen MR) is 130 cm³/mol. The van der Waals surface area contributed by atoms with Crippen LogP contribution in [0, 0.1) is 0 Å². The van der Waals surface area contributed by atoms with E-state index >= 15 is 0 Å². The fraction of sp³-hybridized carbons (Fsp3) is 0.167. The van der Waals surface area contributed by atoms with Crippen molar-refractivity contribution in [1.82, 2.24) is 5.43 Å². The van der Waals surface area contributed by atoms with Crippen LogP contribution in [-0.4, -0.2) is 33.2 Å². The van der Waals surface area contributed by atoms with E-state index in [0.29, 0.717) is 0 Å². The molecule has 0 aromatic heterocycles. The van der Waals surface area contributed by atoms with E-state index in [1.165, 1.54) is 18.3 Å². The van der Waals surface area contributed by atoms with Gasteiger partial charge in [-0.25, -0.2) is 13.8 Å². The van der Waals surface area contributed by atoms with Gasteiger partial charge in [0.25, 0.3) is 15.9 Å². The topological polar surface area (TPSA) is 88.1 Å². The van der Waals surface area contributed by atoms with Crippen LogP contribution in [0.4, 0.5) is 5.69 Å². The van der Waals surface area contributed by atoms with Crippen LogP contribution < -0.4 is 14.5 Å². The smallest absolute Gasteiger partial charge is 0.264 e. The summed E-state index contributed by atoms with van der Waals surface area (Å²) in [5, 5.41) is 4.14. The standard InChI is InChI=1S/C24H24ClN3O4S/c1-18(2)32-20-14-12-19(13-15-20)16-26-27-24(29)17-28(23-11-7-6-10-22(23)25)33(30,31)21-8-4-3-5-9-21/h3-16,18H,17H2,1-2H3,(H,27,29)/b26-16-. The first-order valence-corrected chi connectivity index (χ1v) is 12.0. The summed E-state index contributed by atoms with van der Waals surface area (Å²) in [4.78, 5) is 12.6. The van der Waals surface area contributed by atoms with Crippen molar-refractivity contribution in [3.8, 4) is 5.75 Å². The zero-order valence-electron chi connectivity index (χ0n) is 18.2. The van der Waals surface area contributed by atoms with Crippen LogP contribution in [0.3, 0.4) is 0 Å². The van der Waals surface area contributed by atoms with Crippen molar-refractivity contribution in [2.75, 3.05) is 10.8 Å². The Morgan fingerprint density at radius 1 is 1.03 bits per heavy atom. The van der Waals surface area contributed by atoms with Gasteiger partial charge in [0, 0.05) is 0 Å². The highest BCUT2D eigenvalue weighted by Crippen LogP contribution is 2.30. The minimum atomic E-state index is -4.04. The summed E-state index contributed by atoms with van der Waals surface area (Å²) >= 11 is 6.25. The maximum absolute atomic E-state index is 13.3. The fourth-order valence-corrected chi connectivity index (χ4v) is 4.67. The Morgan fingerprint density at radius 3 is 2.30 bits per heavy atom. The lowest BCUT2D eigenvalue weighted by atomic mass is 10.2. The molecule has 0 saturated heterocycles. The van der Waals surface area contributed by atoms with Crippen LogP contribution in [0.25, 0.3) is 0 Å². The molecule has 9 heteroatoms. The third kappa shape index (κ3) is 6.57. The van der Waals surface area contributed by atoms with Crippen LogP contribution in [0.5, 0.6) is 5.75 Å². The molecule has 0 unspecified atom stereocenters. The molecule has 172 valence electrons. The molecule has 0 aliphatic rings. The van der Waals surface area contributed by atoms with Crippen LogP contribution >= 0.6 is 11.6 Å². The molecule has 3 aromatic carbocycles. The van der Waals surface area contributed by atoms with Crippen LogP contribution in [0.2, 0.25) is 5.02 Å². The number of rotatable bonds is 9. The van der Waals surface area contributed by atoms with Gasteiger partial charge in [-0.1, -0.05) is 41.9 Å². The SMILES string of the molecule is CC(C)Oc1ccc(/C=N\NC(=O)CN(c2ccccc2Cl)S(=O)(=O)c2ccccc2)cc1.